The molecule has 2 rings (SSSR count). The predicted molar refractivity (Wildman–Crippen MR) is 70.3 cm³/mol. The molecule has 1 heterocycles. The van der Waals surface area contributed by atoms with Crippen LogP contribution in [0.4, 0.5) is 18.9 Å². The fraction of sp³-hybridized carbons (Fsp3) is 0.0769. The first-order chi connectivity index (χ1) is 9.83. The van der Waals surface area contributed by atoms with E-state index in [1.807, 2.05) is 0 Å². The summed E-state index contributed by atoms with van der Waals surface area (Å²) in [6.07, 6.45) is -3.42. The zero-order chi connectivity index (χ0) is 15.5. The second-order valence-corrected chi connectivity index (χ2v) is 4.28. The second kappa shape index (κ2) is 6.01. The van der Waals surface area contributed by atoms with Crippen molar-refractivity contribution in [2.45, 2.75) is 6.36 Å². The Balaban J connectivity index is 2.14. The number of amides is 1. The highest BCUT2D eigenvalue weighted by molar-refractivity contribution is 6.29. The molecule has 0 fully saturated rings. The molecule has 0 unspecified atom stereocenters. The standard InChI is InChI=1S/C13H8ClF3N2O2/c14-11-7-9(4-5-18-11)19-12(20)8-2-1-3-10(6-8)21-13(15,16)17/h1-7H,(H,18,19,20). The summed E-state index contributed by atoms with van der Waals surface area (Å²) in [4.78, 5) is 15.7. The zero-order valence-electron chi connectivity index (χ0n) is 10.3. The lowest BCUT2D eigenvalue weighted by molar-refractivity contribution is -0.274. The van der Waals surface area contributed by atoms with E-state index < -0.39 is 18.0 Å². The number of aromatic nitrogens is 1. The number of rotatable bonds is 3. The van der Waals surface area contributed by atoms with Gasteiger partial charge in [-0.15, -0.1) is 13.2 Å². The van der Waals surface area contributed by atoms with Gasteiger partial charge in [-0.3, -0.25) is 4.79 Å². The molecule has 110 valence electrons. The van der Waals surface area contributed by atoms with E-state index in [0.717, 1.165) is 12.1 Å². The van der Waals surface area contributed by atoms with Crippen LogP contribution in [-0.4, -0.2) is 17.3 Å². The lowest BCUT2D eigenvalue weighted by atomic mass is 10.2. The smallest absolute Gasteiger partial charge is 0.406 e. The molecule has 1 N–H and O–H groups in total. The fourth-order valence-corrected chi connectivity index (χ4v) is 1.69. The van der Waals surface area contributed by atoms with Crippen molar-refractivity contribution in [1.82, 2.24) is 4.98 Å². The van der Waals surface area contributed by atoms with E-state index in [-0.39, 0.29) is 10.7 Å². The third-order valence-electron chi connectivity index (χ3n) is 2.31. The Morgan fingerprint density at radius 1 is 1.24 bits per heavy atom. The Kier molecular flexibility index (Phi) is 4.32. The van der Waals surface area contributed by atoms with E-state index in [1.165, 1.54) is 30.5 Å². The number of carbonyl (C=O) groups is 1. The highest BCUT2D eigenvalue weighted by atomic mass is 35.5. The highest BCUT2D eigenvalue weighted by Gasteiger charge is 2.31. The molecule has 0 saturated carbocycles. The van der Waals surface area contributed by atoms with Gasteiger partial charge < -0.3 is 10.1 Å². The number of nitrogens with one attached hydrogen (secondary N) is 1. The summed E-state index contributed by atoms with van der Waals surface area (Å²) in [7, 11) is 0. The Morgan fingerprint density at radius 3 is 2.67 bits per heavy atom. The number of hydrogen-bond donors (Lipinski definition) is 1. The van der Waals surface area contributed by atoms with Gasteiger partial charge in [-0.1, -0.05) is 17.7 Å². The van der Waals surface area contributed by atoms with E-state index in [0.29, 0.717) is 5.69 Å². The number of pyridine rings is 1. The molecule has 0 atom stereocenters. The van der Waals surface area contributed by atoms with E-state index in [4.69, 9.17) is 11.6 Å². The molecule has 1 aromatic carbocycles. The first-order valence-electron chi connectivity index (χ1n) is 5.62. The maximum absolute atomic E-state index is 12.1. The molecule has 0 aliphatic rings. The van der Waals surface area contributed by atoms with Crippen molar-refractivity contribution >= 4 is 23.2 Å². The maximum Gasteiger partial charge on any atom is 0.573 e. The molecule has 0 aliphatic heterocycles. The minimum Gasteiger partial charge on any atom is -0.406 e. The van der Waals surface area contributed by atoms with Crippen LogP contribution in [0.25, 0.3) is 0 Å². The normalized spacial score (nSPS) is 11.0. The predicted octanol–water partition coefficient (Wildman–Crippen LogP) is 3.89. The molecule has 1 amide bonds. The average molecular weight is 317 g/mol. The van der Waals surface area contributed by atoms with Crippen molar-refractivity contribution in [2.24, 2.45) is 0 Å². The summed E-state index contributed by atoms with van der Waals surface area (Å²) >= 11 is 5.66. The highest BCUT2D eigenvalue weighted by Crippen LogP contribution is 2.23. The monoisotopic (exact) mass is 316 g/mol. The Morgan fingerprint density at radius 2 is 2.00 bits per heavy atom. The minimum absolute atomic E-state index is 0.0182. The van der Waals surface area contributed by atoms with Gasteiger partial charge >= 0.3 is 6.36 Å². The van der Waals surface area contributed by atoms with Crippen molar-refractivity contribution in [3.63, 3.8) is 0 Å². The van der Waals surface area contributed by atoms with Gasteiger partial charge in [-0.2, -0.15) is 0 Å². The number of carbonyl (C=O) groups excluding carboxylic acids is 1. The largest absolute Gasteiger partial charge is 0.573 e. The second-order valence-electron chi connectivity index (χ2n) is 3.90. The molecule has 0 bridgehead atoms. The van der Waals surface area contributed by atoms with Gasteiger partial charge in [-0.05, 0) is 30.3 Å². The van der Waals surface area contributed by atoms with E-state index >= 15 is 0 Å². The van der Waals surface area contributed by atoms with Crippen LogP contribution in [0.3, 0.4) is 0 Å². The maximum atomic E-state index is 12.1. The topological polar surface area (TPSA) is 51.2 Å². The number of ether oxygens (including phenoxy) is 1. The Labute approximate surface area is 122 Å². The summed E-state index contributed by atoms with van der Waals surface area (Å²) in [5.74, 6) is -1.06. The van der Waals surface area contributed by atoms with Gasteiger partial charge in [0.2, 0.25) is 0 Å². The van der Waals surface area contributed by atoms with Crippen LogP contribution in [0.15, 0.2) is 42.6 Å². The Hall–Kier alpha value is -2.28. The van der Waals surface area contributed by atoms with Crippen molar-refractivity contribution in [3.8, 4) is 5.75 Å². The third kappa shape index (κ3) is 4.64. The molecule has 2 aromatic rings. The van der Waals surface area contributed by atoms with Gasteiger partial charge in [0.05, 0.1) is 0 Å². The number of alkyl halides is 3. The van der Waals surface area contributed by atoms with Gasteiger partial charge in [-0.25, -0.2) is 4.98 Å². The van der Waals surface area contributed by atoms with Crippen LogP contribution in [0.5, 0.6) is 5.75 Å². The van der Waals surface area contributed by atoms with Gasteiger partial charge in [0.1, 0.15) is 10.9 Å². The Bertz CT molecular complexity index is 662. The lowest BCUT2D eigenvalue weighted by Gasteiger charge is -2.10. The molecular formula is C13H8ClF3N2O2. The molecule has 8 heteroatoms. The van der Waals surface area contributed by atoms with E-state index in [9.17, 15) is 18.0 Å². The molecule has 0 saturated heterocycles. The summed E-state index contributed by atoms with van der Waals surface area (Å²) in [6.45, 7) is 0. The third-order valence-corrected chi connectivity index (χ3v) is 2.52. The molecule has 0 spiro atoms. The summed E-state index contributed by atoms with van der Waals surface area (Å²) in [6, 6.07) is 7.66. The van der Waals surface area contributed by atoms with Crippen molar-refractivity contribution in [2.75, 3.05) is 5.32 Å². The quantitative estimate of drug-likeness (QED) is 0.874. The zero-order valence-corrected chi connectivity index (χ0v) is 11.1. The molecule has 1 aromatic heterocycles. The van der Waals surface area contributed by atoms with Gasteiger partial charge in [0.25, 0.3) is 5.91 Å². The number of halogens is 4. The fourth-order valence-electron chi connectivity index (χ4n) is 1.52. The van der Waals surface area contributed by atoms with Crippen LogP contribution < -0.4 is 10.1 Å². The minimum atomic E-state index is -4.81. The average Bonchev–Trinajstić information content (AvgIpc) is 2.37. The van der Waals surface area contributed by atoms with Gasteiger partial charge in [0, 0.05) is 17.4 Å². The number of hydrogen-bond acceptors (Lipinski definition) is 3. The molecule has 4 nitrogen and oxygen atoms in total. The van der Waals surface area contributed by atoms with Crippen LogP contribution in [0.2, 0.25) is 5.15 Å². The molecule has 0 aliphatic carbocycles. The van der Waals surface area contributed by atoms with Crippen LogP contribution in [-0.2, 0) is 0 Å². The van der Waals surface area contributed by atoms with Crippen molar-refractivity contribution < 1.29 is 22.7 Å². The van der Waals surface area contributed by atoms with E-state index in [1.54, 1.807) is 0 Å². The molecular weight excluding hydrogens is 309 g/mol. The molecule has 21 heavy (non-hydrogen) atoms. The first-order valence-corrected chi connectivity index (χ1v) is 6.00. The first kappa shape index (κ1) is 15.1. The number of benzene rings is 1. The molecule has 0 radical (unpaired) electrons. The number of anilines is 1. The number of nitrogens with zero attached hydrogens (tertiary/aromatic N) is 1. The van der Waals surface area contributed by atoms with Crippen LogP contribution in [0, 0.1) is 0 Å². The van der Waals surface area contributed by atoms with Crippen LogP contribution >= 0.6 is 11.6 Å². The summed E-state index contributed by atoms with van der Waals surface area (Å²) in [5, 5.41) is 2.67. The summed E-state index contributed by atoms with van der Waals surface area (Å²) < 4.78 is 40.1. The SMILES string of the molecule is O=C(Nc1ccnc(Cl)c1)c1cccc(OC(F)(F)F)c1. The van der Waals surface area contributed by atoms with Crippen LogP contribution in [0.1, 0.15) is 10.4 Å². The lowest BCUT2D eigenvalue weighted by Crippen LogP contribution is -2.18. The van der Waals surface area contributed by atoms with Crippen molar-refractivity contribution in [1.29, 1.82) is 0 Å². The van der Waals surface area contributed by atoms with E-state index in [2.05, 4.69) is 15.0 Å². The van der Waals surface area contributed by atoms with Crippen molar-refractivity contribution in [3.05, 3.63) is 53.3 Å². The van der Waals surface area contributed by atoms with Gasteiger partial charge in [0.15, 0.2) is 0 Å². The summed E-state index contributed by atoms with van der Waals surface area (Å²) in [5.41, 5.74) is 0.395.